The third kappa shape index (κ3) is 10.5. The van der Waals surface area contributed by atoms with E-state index in [1.807, 2.05) is 0 Å². The second-order valence-electron chi connectivity index (χ2n) is 9.48. The number of benzene rings is 2. The number of halogens is 2. The van der Waals surface area contributed by atoms with Crippen LogP contribution in [0.4, 0.5) is 16.2 Å². The van der Waals surface area contributed by atoms with Crippen molar-refractivity contribution < 1.29 is 23.1 Å². The molecule has 12 heteroatoms. The number of rotatable bonds is 16. The van der Waals surface area contributed by atoms with Crippen LogP contribution in [0.5, 0.6) is 5.75 Å². The topological polar surface area (TPSA) is 151 Å². The number of carbonyl (C=O) groups excluding carboxylic acids is 2. The van der Waals surface area contributed by atoms with Crippen molar-refractivity contribution in [1.29, 1.82) is 0 Å². The molecule has 0 saturated heterocycles. The molecule has 0 atom stereocenters. The Labute approximate surface area is 240 Å². The number of unbranched alkanes of at least 4 members (excludes halogenated alkanes) is 9. The fourth-order valence-electron chi connectivity index (χ4n) is 4.11. The molecule has 3 amide bonds. The average Bonchev–Trinajstić information content (AvgIpc) is 2.83. The number of nitrogens with one attached hydrogen (secondary N) is 3. The number of phenols is 1. The first-order valence-electron chi connectivity index (χ1n) is 13.2. The number of urea groups is 1. The quantitative estimate of drug-likeness (QED) is 0.104. The van der Waals surface area contributed by atoms with Crippen LogP contribution >= 0.6 is 23.2 Å². The van der Waals surface area contributed by atoms with Crippen molar-refractivity contribution in [2.45, 2.75) is 83.0 Å². The molecule has 0 unspecified atom stereocenters. The van der Waals surface area contributed by atoms with Gasteiger partial charge in [-0.1, -0.05) is 87.9 Å². The Hall–Kier alpha value is -2.53. The summed E-state index contributed by atoms with van der Waals surface area (Å²) < 4.78 is 28.2. The Balaban J connectivity index is 1.89. The third-order valence-corrected chi connectivity index (χ3v) is 8.55. The van der Waals surface area contributed by atoms with Crippen molar-refractivity contribution in [3.05, 3.63) is 45.4 Å². The molecule has 0 aliphatic rings. The number of aryl methyl sites for hydroxylation is 1. The van der Waals surface area contributed by atoms with Gasteiger partial charge in [-0.2, -0.15) is 0 Å². The summed E-state index contributed by atoms with van der Waals surface area (Å²) in [6, 6.07) is 4.53. The van der Waals surface area contributed by atoms with Crippen LogP contribution in [-0.2, 0) is 10.0 Å². The molecular weight excluding hydrogens is 563 g/mol. The minimum atomic E-state index is -3.96. The highest BCUT2D eigenvalue weighted by Crippen LogP contribution is 2.33. The number of hydrogen-bond donors (Lipinski definition) is 5. The van der Waals surface area contributed by atoms with E-state index in [0.29, 0.717) is 12.0 Å². The van der Waals surface area contributed by atoms with E-state index in [4.69, 9.17) is 28.9 Å². The van der Waals surface area contributed by atoms with E-state index >= 15 is 0 Å². The van der Waals surface area contributed by atoms with Crippen LogP contribution in [0.3, 0.4) is 0 Å². The third-order valence-electron chi connectivity index (χ3n) is 6.17. The molecule has 6 N–H and O–H groups in total. The van der Waals surface area contributed by atoms with E-state index in [1.54, 1.807) is 6.92 Å². The lowest BCUT2D eigenvalue weighted by atomic mass is 10.1. The van der Waals surface area contributed by atoms with Gasteiger partial charge >= 0.3 is 6.03 Å². The van der Waals surface area contributed by atoms with Crippen molar-refractivity contribution in [2.75, 3.05) is 17.2 Å². The Morgan fingerprint density at radius 3 is 1.85 bits per heavy atom. The van der Waals surface area contributed by atoms with Crippen molar-refractivity contribution >= 4 is 56.5 Å². The van der Waals surface area contributed by atoms with Crippen LogP contribution in [0.1, 0.15) is 87.1 Å². The fraction of sp³-hybridized carbons (Fsp3) is 0.481. The first-order valence-corrected chi connectivity index (χ1v) is 15.4. The maximum Gasteiger partial charge on any atom is 0.323 e. The van der Waals surface area contributed by atoms with Crippen LogP contribution in [-0.4, -0.2) is 32.0 Å². The van der Waals surface area contributed by atoms with Gasteiger partial charge in [-0.25, -0.2) is 17.9 Å². The maximum absolute atomic E-state index is 12.8. The lowest BCUT2D eigenvalue weighted by Gasteiger charge is -2.14. The predicted octanol–water partition coefficient (Wildman–Crippen LogP) is 6.95. The molecule has 2 aromatic rings. The standard InChI is InChI=1S/C27H38Cl2N4O5S/c1-3-4-5-6-7-8-9-10-11-12-13-31-39(37,38)25-22(28)16-20(17-23(25)29)33-27(36)32-19-14-18(2)24(34)21(15-19)26(30)35/h14-17,31,34H,3-13H2,1-2H3,(H2,30,35)(H2,32,33,36). The van der Waals surface area contributed by atoms with Gasteiger partial charge in [0.2, 0.25) is 10.0 Å². The van der Waals surface area contributed by atoms with Gasteiger partial charge in [-0.3, -0.25) is 4.79 Å². The minimum absolute atomic E-state index is 0.142. The van der Waals surface area contributed by atoms with Crippen molar-refractivity contribution in [3.63, 3.8) is 0 Å². The molecule has 0 spiro atoms. The second kappa shape index (κ2) is 15.9. The molecule has 0 radical (unpaired) electrons. The summed E-state index contributed by atoms with van der Waals surface area (Å²) in [4.78, 5) is 23.7. The number of aromatic hydroxyl groups is 1. The van der Waals surface area contributed by atoms with Crippen LogP contribution in [0.25, 0.3) is 0 Å². The van der Waals surface area contributed by atoms with Gasteiger partial charge in [0.1, 0.15) is 10.6 Å². The monoisotopic (exact) mass is 600 g/mol. The van der Waals surface area contributed by atoms with E-state index in [9.17, 15) is 23.1 Å². The second-order valence-corrected chi connectivity index (χ2v) is 12.0. The molecule has 9 nitrogen and oxygen atoms in total. The molecule has 0 fully saturated rings. The van der Waals surface area contributed by atoms with Gasteiger partial charge < -0.3 is 21.5 Å². The van der Waals surface area contributed by atoms with Gasteiger partial charge in [0.25, 0.3) is 5.91 Å². The number of nitrogens with two attached hydrogens (primary N) is 1. The smallest absolute Gasteiger partial charge is 0.323 e. The summed E-state index contributed by atoms with van der Waals surface area (Å²) in [7, 11) is -3.96. The summed E-state index contributed by atoms with van der Waals surface area (Å²) in [5, 5.41) is 14.7. The van der Waals surface area contributed by atoms with Gasteiger partial charge in [-0.05, 0) is 43.2 Å². The van der Waals surface area contributed by atoms with E-state index in [1.165, 1.54) is 62.8 Å². The summed E-state index contributed by atoms with van der Waals surface area (Å²) >= 11 is 12.5. The van der Waals surface area contributed by atoms with Crippen molar-refractivity contribution in [2.24, 2.45) is 5.73 Å². The number of sulfonamides is 1. The zero-order valence-electron chi connectivity index (χ0n) is 22.4. The highest BCUT2D eigenvalue weighted by molar-refractivity contribution is 7.89. The lowest BCUT2D eigenvalue weighted by molar-refractivity contribution is 0.0997. The van der Waals surface area contributed by atoms with E-state index < -0.39 is 22.0 Å². The van der Waals surface area contributed by atoms with E-state index in [0.717, 1.165) is 19.3 Å². The highest BCUT2D eigenvalue weighted by Gasteiger charge is 2.23. The molecule has 0 heterocycles. The van der Waals surface area contributed by atoms with Crippen LogP contribution in [0.15, 0.2) is 29.2 Å². The van der Waals surface area contributed by atoms with Crippen LogP contribution in [0.2, 0.25) is 10.0 Å². The number of anilines is 2. The van der Waals surface area contributed by atoms with E-state index in [2.05, 4.69) is 22.3 Å². The zero-order valence-corrected chi connectivity index (χ0v) is 24.7. The zero-order chi connectivity index (χ0) is 29.0. The fourth-order valence-corrected chi connectivity index (χ4v) is 6.40. The summed E-state index contributed by atoms with van der Waals surface area (Å²) in [5.74, 6) is -1.12. The Morgan fingerprint density at radius 2 is 1.33 bits per heavy atom. The molecule has 216 valence electrons. The molecule has 0 aliphatic heterocycles. The van der Waals surface area contributed by atoms with Crippen LogP contribution < -0.4 is 21.1 Å². The molecule has 39 heavy (non-hydrogen) atoms. The molecule has 0 saturated carbocycles. The first kappa shape index (κ1) is 32.7. The van der Waals surface area contributed by atoms with Gasteiger partial charge in [0, 0.05) is 17.9 Å². The molecule has 0 aromatic heterocycles. The number of carbonyl (C=O) groups is 2. The summed E-state index contributed by atoms with van der Waals surface area (Å²) in [5.41, 5.74) is 5.82. The Bertz CT molecular complexity index is 1230. The van der Waals surface area contributed by atoms with Crippen LogP contribution in [0, 0.1) is 6.92 Å². The Kier molecular flexibility index (Phi) is 13.3. The normalized spacial score (nSPS) is 11.4. The number of primary amides is 1. The maximum atomic E-state index is 12.8. The molecular formula is C27H38Cl2N4O5S. The van der Waals surface area contributed by atoms with Gasteiger partial charge in [0.15, 0.2) is 0 Å². The highest BCUT2D eigenvalue weighted by atomic mass is 35.5. The lowest BCUT2D eigenvalue weighted by Crippen LogP contribution is -2.25. The summed E-state index contributed by atoms with van der Waals surface area (Å²) in [6.45, 7) is 4.03. The minimum Gasteiger partial charge on any atom is -0.507 e. The van der Waals surface area contributed by atoms with Crippen molar-refractivity contribution in [1.82, 2.24) is 4.72 Å². The van der Waals surface area contributed by atoms with E-state index in [-0.39, 0.29) is 44.2 Å². The Morgan fingerprint density at radius 1 is 0.846 bits per heavy atom. The summed E-state index contributed by atoms with van der Waals surface area (Å²) in [6.07, 6.45) is 11.4. The average molecular weight is 602 g/mol. The number of amides is 3. The largest absolute Gasteiger partial charge is 0.507 e. The predicted molar refractivity (Wildman–Crippen MR) is 157 cm³/mol. The number of hydrogen-bond acceptors (Lipinski definition) is 5. The molecule has 0 bridgehead atoms. The molecule has 2 aromatic carbocycles. The first-order chi connectivity index (χ1) is 18.5. The van der Waals surface area contributed by atoms with Crippen molar-refractivity contribution in [3.8, 4) is 5.75 Å². The molecule has 2 rings (SSSR count). The molecule has 0 aliphatic carbocycles. The SMILES string of the molecule is CCCCCCCCCCCCNS(=O)(=O)c1c(Cl)cc(NC(=O)Nc2cc(C)c(O)c(C(N)=O)c2)cc1Cl. The van der Waals surface area contributed by atoms with Gasteiger partial charge in [-0.15, -0.1) is 0 Å². The van der Waals surface area contributed by atoms with Gasteiger partial charge in [0.05, 0.1) is 15.6 Å².